The van der Waals surface area contributed by atoms with E-state index in [-0.39, 0.29) is 17.6 Å². The van der Waals surface area contributed by atoms with Gasteiger partial charge in [-0.05, 0) is 44.6 Å². The maximum absolute atomic E-state index is 12.5. The zero-order chi connectivity index (χ0) is 15.6. The fraction of sp³-hybridized carbons (Fsp3) is 0.562. The molecule has 114 valence electrons. The lowest BCUT2D eigenvalue weighted by Crippen LogP contribution is -2.39. The van der Waals surface area contributed by atoms with Gasteiger partial charge in [-0.15, -0.1) is 0 Å². The Kier molecular flexibility index (Phi) is 4.60. The molecule has 5 nitrogen and oxygen atoms in total. The van der Waals surface area contributed by atoms with E-state index in [9.17, 15) is 14.9 Å². The highest BCUT2D eigenvalue weighted by molar-refractivity contribution is 5.95. The topological polar surface area (TPSA) is 63.5 Å². The molecule has 1 aromatic carbocycles. The molecular formula is C16H22N2O3. The van der Waals surface area contributed by atoms with Crippen molar-refractivity contribution in [1.29, 1.82) is 0 Å². The molecule has 0 aliphatic heterocycles. The molecule has 1 amide bonds. The Balaban J connectivity index is 2.16. The number of carbonyl (C=O) groups is 1. The Bertz CT molecular complexity index is 548. The van der Waals surface area contributed by atoms with Gasteiger partial charge in [0.25, 0.3) is 11.6 Å². The van der Waals surface area contributed by atoms with E-state index >= 15 is 0 Å². The molecule has 0 bridgehead atoms. The minimum absolute atomic E-state index is 0.00603. The molecule has 0 saturated heterocycles. The van der Waals surface area contributed by atoms with Crippen LogP contribution in [0.5, 0.6) is 0 Å². The minimum atomic E-state index is -0.436. The van der Waals surface area contributed by atoms with Crippen LogP contribution in [0.25, 0.3) is 0 Å². The van der Waals surface area contributed by atoms with Crippen LogP contribution in [0.2, 0.25) is 0 Å². The molecule has 0 aromatic heterocycles. The molecule has 2 rings (SSSR count). The average molecular weight is 290 g/mol. The van der Waals surface area contributed by atoms with E-state index in [1.807, 2.05) is 0 Å². The quantitative estimate of drug-likeness (QED) is 0.631. The Morgan fingerprint density at radius 2 is 1.90 bits per heavy atom. The van der Waals surface area contributed by atoms with Crippen LogP contribution < -0.4 is 0 Å². The predicted molar refractivity (Wildman–Crippen MR) is 81.3 cm³/mol. The van der Waals surface area contributed by atoms with E-state index < -0.39 is 4.92 Å². The van der Waals surface area contributed by atoms with E-state index in [2.05, 4.69) is 6.92 Å². The number of nitro benzene ring substituents is 1. The van der Waals surface area contributed by atoms with Gasteiger partial charge in [-0.3, -0.25) is 14.9 Å². The van der Waals surface area contributed by atoms with E-state index in [1.54, 1.807) is 31.0 Å². The van der Waals surface area contributed by atoms with Crippen molar-refractivity contribution >= 4 is 11.6 Å². The third kappa shape index (κ3) is 3.40. The Morgan fingerprint density at radius 1 is 1.29 bits per heavy atom. The number of hydrogen-bond acceptors (Lipinski definition) is 3. The normalized spacial score (nSPS) is 21.9. The minimum Gasteiger partial charge on any atom is -0.339 e. The first-order valence-corrected chi connectivity index (χ1v) is 7.42. The van der Waals surface area contributed by atoms with Crippen LogP contribution in [-0.4, -0.2) is 28.8 Å². The van der Waals surface area contributed by atoms with Gasteiger partial charge in [-0.1, -0.05) is 13.0 Å². The molecule has 0 spiro atoms. The summed E-state index contributed by atoms with van der Waals surface area (Å²) in [6.07, 6.45) is 4.29. The molecule has 21 heavy (non-hydrogen) atoms. The van der Waals surface area contributed by atoms with Gasteiger partial charge in [0, 0.05) is 30.3 Å². The number of carbonyl (C=O) groups excluding carboxylic acids is 1. The number of amides is 1. The van der Waals surface area contributed by atoms with Gasteiger partial charge in [0.1, 0.15) is 0 Å². The van der Waals surface area contributed by atoms with Crippen LogP contribution in [0.15, 0.2) is 18.2 Å². The lowest BCUT2D eigenvalue weighted by molar-refractivity contribution is -0.385. The Hall–Kier alpha value is -1.91. The molecule has 1 aromatic rings. The molecule has 0 radical (unpaired) electrons. The standard InChI is InChI=1S/C16H22N2O3/c1-11-4-8-14(9-5-11)17(3)16(19)13-7-6-12(2)15(10-13)18(20)21/h6-7,10-11,14H,4-5,8-9H2,1-3H3. The van der Waals surface area contributed by atoms with Gasteiger partial charge in [0.2, 0.25) is 0 Å². The summed E-state index contributed by atoms with van der Waals surface area (Å²) in [6, 6.07) is 4.95. The summed E-state index contributed by atoms with van der Waals surface area (Å²) in [5.74, 6) is 0.600. The lowest BCUT2D eigenvalue weighted by Gasteiger charge is -2.33. The fourth-order valence-corrected chi connectivity index (χ4v) is 2.94. The summed E-state index contributed by atoms with van der Waals surface area (Å²) < 4.78 is 0. The maximum atomic E-state index is 12.5. The molecule has 1 aliphatic rings. The molecule has 0 N–H and O–H groups in total. The molecule has 1 aliphatic carbocycles. The van der Waals surface area contributed by atoms with E-state index in [0.29, 0.717) is 11.1 Å². The second-order valence-corrected chi connectivity index (χ2v) is 6.09. The van der Waals surface area contributed by atoms with Crippen molar-refractivity contribution in [3.05, 3.63) is 39.4 Å². The largest absolute Gasteiger partial charge is 0.339 e. The first-order valence-electron chi connectivity index (χ1n) is 7.42. The van der Waals surface area contributed by atoms with Crippen LogP contribution in [0.4, 0.5) is 5.69 Å². The zero-order valence-electron chi connectivity index (χ0n) is 12.8. The predicted octanol–water partition coefficient (Wildman–Crippen LogP) is 3.55. The van der Waals surface area contributed by atoms with Crippen molar-refractivity contribution in [1.82, 2.24) is 4.90 Å². The third-order valence-corrected chi connectivity index (χ3v) is 4.51. The van der Waals surface area contributed by atoms with Crippen LogP contribution >= 0.6 is 0 Å². The summed E-state index contributed by atoms with van der Waals surface area (Å²) in [5, 5.41) is 11.0. The van der Waals surface area contributed by atoms with Gasteiger partial charge >= 0.3 is 0 Å². The van der Waals surface area contributed by atoms with Crippen molar-refractivity contribution in [2.75, 3.05) is 7.05 Å². The molecule has 0 atom stereocenters. The van der Waals surface area contributed by atoms with Gasteiger partial charge in [-0.2, -0.15) is 0 Å². The zero-order valence-corrected chi connectivity index (χ0v) is 12.8. The highest BCUT2D eigenvalue weighted by Crippen LogP contribution is 2.28. The maximum Gasteiger partial charge on any atom is 0.273 e. The number of benzene rings is 1. The van der Waals surface area contributed by atoms with Crippen LogP contribution in [0, 0.1) is 23.0 Å². The third-order valence-electron chi connectivity index (χ3n) is 4.51. The fourth-order valence-electron chi connectivity index (χ4n) is 2.94. The first kappa shape index (κ1) is 15.5. The molecule has 1 fully saturated rings. The summed E-state index contributed by atoms with van der Waals surface area (Å²) >= 11 is 0. The van der Waals surface area contributed by atoms with Crippen molar-refractivity contribution in [2.24, 2.45) is 5.92 Å². The smallest absolute Gasteiger partial charge is 0.273 e. The number of nitrogens with zero attached hydrogens (tertiary/aromatic N) is 2. The van der Waals surface area contributed by atoms with E-state index in [4.69, 9.17) is 0 Å². The molecule has 0 heterocycles. The van der Waals surface area contributed by atoms with Crippen molar-refractivity contribution < 1.29 is 9.72 Å². The number of nitro groups is 1. The van der Waals surface area contributed by atoms with Crippen LogP contribution in [0.3, 0.4) is 0 Å². The molecular weight excluding hydrogens is 268 g/mol. The monoisotopic (exact) mass is 290 g/mol. The van der Waals surface area contributed by atoms with Crippen LogP contribution in [-0.2, 0) is 0 Å². The highest BCUT2D eigenvalue weighted by atomic mass is 16.6. The summed E-state index contributed by atoms with van der Waals surface area (Å²) in [7, 11) is 1.80. The van der Waals surface area contributed by atoms with Gasteiger partial charge in [0.05, 0.1) is 4.92 Å². The van der Waals surface area contributed by atoms with Gasteiger partial charge in [0.15, 0.2) is 0 Å². The highest BCUT2D eigenvalue weighted by Gasteiger charge is 2.26. The Morgan fingerprint density at radius 3 is 2.48 bits per heavy atom. The van der Waals surface area contributed by atoms with Gasteiger partial charge in [-0.25, -0.2) is 0 Å². The second kappa shape index (κ2) is 6.24. The van der Waals surface area contributed by atoms with E-state index in [0.717, 1.165) is 31.6 Å². The van der Waals surface area contributed by atoms with Crippen LogP contribution in [0.1, 0.15) is 48.5 Å². The molecule has 5 heteroatoms. The van der Waals surface area contributed by atoms with Crippen molar-refractivity contribution in [2.45, 2.75) is 45.6 Å². The summed E-state index contributed by atoms with van der Waals surface area (Å²) in [5.41, 5.74) is 0.977. The lowest BCUT2D eigenvalue weighted by atomic mass is 9.86. The first-order chi connectivity index (χ1) is 9.90. The SMILES string of the molecule is Cc1ccc(C(=O)N(C)C2CCC(C)CC2)cc1[N+](=O)[O-]. The second-order valence-electron chi connectivity index (χ2n) is 6.09. The molecule has 1 saturated carbocycles. The average Bonchev–Trinajstić information content (AvgIpc) is 2.46. The Labute approximate surface area is 125 Å². The molecule has 0 unspecified atom stereocenters. The number of aryl methyl sites for hydroxylation is 1. The van der Waals surface area contributed by atoms with Crippen molar-refractivity contribution in [3.63, 3.8) is 0 Å². The number of hydrogen-bond donors (Lipinski definition) is 0. The number of rotatable bonds is 3. The van der Waals surface area contributed by atoms with E-state index in [1.165, 1.54) is 6.07 Å². The van der Waals surface area contributed by atoms with Crippen molar-refractivity contribution in [3.8, 4) is 0 Å². The summed E-state index contributed by atoms with van der Waals surface area (Å²) in [6.45, 7) is 3.92. The summed E-state index contributed by atoms with van der Waals surface area (Å²) in [4.78, 5) is 24.8. The van der Waals surface area contributed by atoms with Gasteiger partial charge < -0.3 is 4.90 Å².